The summed E-state index contributed by atoms with van der Waals surface area (Å²) in [5.41, 5.74) is -0.641. The molecule has 2 saturated carbocycles. The Labute approximate surface area is 407 Å². The summed E-state index contributed by atoms with van der Waals surface area (Å²) in [5, 5.41) is 7.62. The number of imidazole rings is 2. The molecule has 2 fully saturated rings. The number of nitrogens with one attached hydrogen (secondary N) is 6. The van der Waals surface area contributed by atoms with Gasteiger partial charge in [-0.2, -0.15) is 0 Å². The summed E-state index contributed by atoms with van der Waals surface area (Å²) in [6.07, 6.45) is 10.9. The van der Waals surface area contributed by atoms with Crippen LogP contribution in [0.3, 0.4) is 0 Å². The van der Waals surface area contributed by atoms with Crippen LogP contribution in [0.5, 0.6) is 5.75 Å². The van der Waals surface area contributed by atoms with E-state index in [1.807, 2.05) is 0 Å². The number of anilines is 5. The highest BCUT2D eigenvalue weighted by molar-refractivity contribution is 7.93. The first-order chi connectivity index (χ1) is 33.4. The zero-order valence-corrected chi connectivity index (χ0v) is 40.6. The molecular weight excluding hydrogens is 991 g/mol. The van der Waals surface area contributed by atoms with Crippen LogP contribution in [0.15, 0.2) is 79.9 Å². The normalized spacial score (nSPS) is 14.2. The Kier molecular flexibility index (Phi) is 14.2. The number of hydrogen-bond acceptors (Lipinski definition) is 19. The molecule has 0 bridgehead atoms. The van der Waals surface area contributed by atoms with Gasteiger partial charge < -0.3 is 35.0 Å². The molecule has 4 aromatic heterocycles. The van der Waals surface area contributed by atoms with Crippen molar-refractivity contribution >= 4 is 105 Å². The maximum Gasteiger partial charge on any atom is 0.367 e. The number of amides is 4. The summed E-state index contributed by atoms with van der Waals surface area (Å²) >= 11 is 0.591. The minimum Gasteiger partial charge on any atom is -0.497 e. The molecule has 4 heterocycles. The molecule has 366 valence electrons. The van der Waals surface area contributed by atoms with E-state index in [-0.39, 0.29) is 45.9 Å². The van der Waals surface area contributed by atoms with Crippen molar-refractivity contribution in [3.05, 3.63) is 83.7 Å². The molecule has 2 aromatic carbocycles. The lowest BCUT2D eigenvalue weighted by Gasteiger charge is -2.18. The SMILES string of the molecule is COc1ccc(NC(=O)Nc2nc(C(=O)OC(=O)c3nc(NC(=O)Nc4ccc(N(C)C)cc4C(=O)C4CCCC4)sc3S(=O)(=O)c3ncc[nH]3)c(S(=O)(=O)c3ncc[nH]3)s2)c(C(=O)C2CCCC2)c1. The number of sulfone groups is 2. The van der Waals surface area contributed by atoms with Crippen molar-refractivity contribution in [3.63, 3.8) is 0 Å². The smallest absolute Gasteiger partial charge is 0.367 e. The summed E-state index contributed by atoms with van der Waals surface area (Å²) in [4.78, 5) is 104. The number of esters is 2. The van der Waals surface area contributed by atoms with Crippen molar-refractivity contribution in [2.45, 2.75) is 70.1 Å². The molecule has 0 unspecified atom stereocenters. The lowest BCUT2D eigenvalue weighted by atomic mass is 9.94. The lowest BCUT2D eigenvalue weighted by Crippen LogP contribution is -2.23. The van der Waals surface area contributed by atoms with Gasteiger partial charge in [-0.25, -0.2) is 55.9 Å². The van der Waals surface area contributed by atoms with Crippen molar-refractivity contribution in [2.24, 2.45) is 11.8 Å². The number of thiazole rings is 2. The van der Waals surface area contributed by atoms with E-state index in [4.69, 9.17) is 9.47 Å². The summed E-state index contributed by atoms with van der Waals surface area (Å²) in [5.74, 6) is -3.95. The average molecular weight is 1030 g/mol. The number of ether oxygens (including phenoxy) is 2. The number of aromatic nitrogens is 6. The maximum atomic E-state index is 13.9. The molecule has 0 spiro atoms. The lowest BCUT2D eigenvalue weighted by molar-refractivity contribution is 0.0384. The summed E-state index contributed by atoms with van der Waals surface area (Å²) in [7, 11) is -4.49. The van der Waals surface area contributed by atoms with E-state index in [1.54, 1.807) is 37.2 Å². The maximum absolute atomic E-state index is 13.9. The fraction of sp³-hybridized carbons (Fsp3) is 0.302. The largest absolute Gasteiger partial charge is 0.497 e. The van der Waals surface area contributed by atoms with Gasteiger partial charge in [-0.15, -0.1) is 0 Å². The van der Waals surface area contributed by atoms with Crippen molar-refractivity contribution < 1.29 is 55.1 Å². The second kappa shape index (κ2) is 20.3. The molecule has 6 aromatic rings. The van der Waals surface area contributed by atoms with Crippen LogP contribution in [0.4, 0.5) is 36.9 Å². The number of carbonyl (C=O) groups excluding carboxylic acids is 6. The first-order valence-electron chi connectivity index (χ1n) is 21.5. The Morgan fingerprint density at radius 3 is 1.50 bits per heavy atom. The van der Waals surface area contributed by atoms with Gasteiger partial charge in [-0.3, -0.25) is 20.2 Å². The Hall–Kier alpha value is -7.36. The number of urea groups is 2. The van der Waals surface area contributed by atoms with Crippen molar-refractivity contribution in [3.8, 4) is 5.75 Å². The predicted octanol–water partition coefficient (Wildman–Crippen LogP) is 6.82. The molecule has 0 aliphatic heterocycles. The van der Waals surface area contributed by atoms with Crippen molar-refractivity contribution in [2.75, 3.05) is 47.4 Å². The molecule has 70 heavy (non-hydrogen) atoms. The van der Waals surface area contributed by atoms with Crippen LogP contribution in [0, 0.1) is 11.8 Å². The number of carbonyl (C=O) groups is 6. The molecule has 0 radical (unpaired) electrons. The fourth-order valence-corrected chi connectivity index (χ4v) is 13.0. The van der Waals surface area contributed by atoms with Crippen LogP contribution >= 0.6 is 22.7 Å². The summed E-state index contributed by atoms with van der Waals surface area (Å²) in [6, 6.07) is 7.36. The van der Waals surface area contributed by atoms with Gasteiger partial charge in [0.05, 0.1) is 18.5 Å². The Balaban J connectivity index is 1.07. The third-order valence-electron chi connectivity index (χ3n) is 11.4. The number of benzene rings is 2. The number of nitrogens with zero attached hydrogens (tertiary/aromatic N) is 5. The first-order valence-corrected chi connectivity index (χ1v) is 26.1. The standard InChI is InChI=1S/C43H43N11O12S4/c1-54(2)24-12-14-28(26(20-24)32(55)22-8-4-5-9-22)48-38(59)52-40-50-30(36(67-40)69(61,62)42-44-16-17-45-42)34(57)66-35(58)31-37(70(63,64)43-46-18-19-47-43)68-41(51-31)53-39(60)49-29-15-13-25(65-3)21-27(29)33(56)23-10-6-7-11-23/h12-23H,4-11H2,1-3H3,(H,44,45)(H,46,47)(H2,48,50,52,59)(H2,49,51,53,60). The molecule has 0 saturated heterocycles. The van der Waals surface area contributed by atoms with Crippen LogP contribution in [0.2, 0.25) is 0 Å². The fourth-order valence-electron chi connectivity index (χ4n) is 7.90. The third kappa shape index (κ3) is 10.3. The predicted molar refractivity (Wildman–Crippen MR) is 254 cm³/mol. The molecule has 8 rings (SSSR count). The number of aromatic amines is 2. The number of hydrogen-bond donors (Lipinski definition) is 6. The van der Waals surface area contributed by atoms with Gasteiger partial charge in [-0.1, -0.05) is 48.4 Å². The van der Waals surface area contributed by atoms with E-state index >= 15 is 0 Å². The van der Waals surface area contributed by atoms with Crippen molar-refractivity contribution in [1.29, 1.82) is 0 Å². The molecule has 27 heteroatoms. The number of rotatable bonds is 16. The van der Waals surface area contributed by atoms with Gasteiger partial charge in [0, 0.05) is 67.5 Å². The van der Waals surface area contributed by atoms with Gasteiger partial charge in [0.1, 0.15) is 5.75 Å². The van der Waals surface area contributed by atoms with Crippen LogP contribution in [0.1, 0.15) is 93.1 Å². The minimum atomic E-state index is -4.75. The van der Waals surface area contributed by atoms with E-state index in [9.17, 15) is 45.6 Å². The van der Waals surface area contributed by atoms with Crippen LogP contribution in [0.25, 0.3) is 0 Å². The second-order valence-electron chi connectivity index (χ2n) is 16.2. The number of Topliss-reactive ketones (excluding diaryl/α,β-unsaturated/α-hetero) is 2. The molecule has 0 atom stereocenters. The molecule has 2 aliphatic rings. The number of H-pyrrole nitrogens is 2. The van der Waals surface area contributed by atoms with Gasteiger partial charge in [0.2, 0.25) is 10.3 Å². The molecule has 4 amide bonds. The number of methoxy groups -OCH3 is 1. The summed E-state index contributed by atoms with van der Waals surface area (Å²) in [6.45, 7) is 0. The topological polar surface area (TPSA) is 324 Å². The molecule has 6 N–H and O–H groups in total. The van der Waals surface area contributed by atoms with E-state index in [1.165, 1.54) is 37.7 Å². The van der Waals surface area contributed by atoms with E-state index < -0.39 is 84.1 Å². The van der Waals surface area contributed by atoms with Crippen LogP contribution in [-0.4, -0.2) is 104 Å². The van der Waals surface area contributed by atoms with E-state index in [2.05, 4.69) is 51.2 Å². The van der Waals surface area contributed by atoms with Crippen LogP contribution < -0.4 is 30.9 Å². The zero-order chi connectivity index (χ0) is 49.9. The highest BCUT2D eigenvalue weighted by Crippen LogP contribution is 2.37. The Bertz CT molecular complexity index is 3230. The van der Waals surface area contributed by atoms with Gasteiger partial charge in [-0.05, 0) is 62.1 Å². The minimum absolute atomic E-state index is 0.105. The first kappa shape index (κ1) is 49.1. The zero-order valence-electron chi connectivity index (χ0n) is 37.4. The van der Waals surface area contributed by atoms with E-state index in [0.29, 0.717) is 59.8 Å². The summed E-state index contributed by atoms with van der Waals surface area (Å²) < 4.78 is 64.1. The highest BCUT2D eigenvalue weighted by Gasteiger charge is 2.38. The average Bonchev–Trinajstić information content (AvgIpc) is 4.19. The third-order valence-corrected chi connectivity index (χ3v) is 17.5. The second-order valence-corrected chi connectivity index (χ2v) is 22.3. The van der Waals surface area contributed by atoms with E-state index in [0.717, 1.165) is 38.1 Å². The monoisotopic (exact) mass is 1030 g/mol. The van der Waals surface area contributed by atoms with Gasteiger partial charge >= 0.3 is 24.0 Å². The van der Waals surface area contributed by atoms with Gasteiger partial charge in [0.15, 0.2) is 41.6 Å². The quantitative estimate of drug-likeness (QED) is 0.0329. The molecular formula is C43H43N11O12S4. The molecule has 2 aliphatic carbocycles. The van der Waals surface area contributed by atoms with Crippen LogP contribution in [-0.2, 0) is 24.4 Å². The van der Waals surface area contributed by atoms with Crippen molar-refractivity contribution in [1.82, 2.24) is 29.9 Å². The highest BCUT2D eigenvalue weighted by atomic mass is 32.2. The Morgan fingerprint density at radius 2 is 1.09 bits per heavy atom. The number of ketones is 2. The molecule has 23 nitrogen and oxygen atoms in total. The Morgan fingerprint density at radius 1 is 0.643 bits per heavy atom. The van der Waals surface area contributed by atoms with Gasteiger partial charge in [0.25, 0.3) is 19.7 Å².